The molecule has 0 fully saturated rings. The fourth-order valence-electron chi connectivity index (χ4n) is 0.750. The highest BCUT2D eigenvalue weighted by Gasteiger charge is 2.18. The van der Waals surface area contributed by atoms with E-state index >= 15 is 0 Å². The zero-order chi connectivity index (χ0) is 10.9. The Labute approximate surface area is 73.8 Å². The summed E-state index contributed by atoms with van der Waals surface area (Å²) in [5.41, 5.74) is -3.81. The third kappa shape index (κ3) is 1.65. The lowest BCUT2D eigenvalue weighted by Gasteiger charge is -2.00. The van der Waals surface area contributed by atoms with Crippen LogP contribution in [0.4, 0.5) is 14.5 Å². The second kappa shape index (κ2) is 3.36. The van der Waals surface area contributed by atoms with Gasteiger partial charge in [-0.05, 0) is 0 Å². The molecule has 0 aliphatic carbocycles. The molecule has 0 unspecified atom stereocenters. The number of rotatable bonds is 2. The van der Waals surface area contributed by atoms with Gasteiger partial charge in [-0.15, -0.1) is 0 Å². The standard InChI is InChI=1S/C5H3F2N3O4/c6-4(7)9-1-2(10(13)14)3(11)8-5(9)12/h1,4H,(H,8,11,12). The maximum atomic E-state index is 12.0. The van der Waals surface area contributed by atoms with Gasteiger partial charge in [0.05, 0.1) is 11.1 Å². The maximum Gasteiger partial charge on any atom is 0.350 e. The quantitative estimate of drug-likeness (QED) is 0.538. The van der Waals surface area contributed by atoms with Crippen molar-refractivity contribution in [1.29, 1.82) is 0 Å². The number of halogens is 2. The number of H-pyrrole nitrogens is 1. The van der Waals surface area contributed by atoms with Crippen LogP contribution >= 0.6 is 0 Å². The van der Waals surface area contributed by atoms with Gasteiger partial charge in [0.1, 0.15) is 0 Å². The average Bonchev–Trinajstić information content (AvgIpc) is 2.02. The van der Waals surface area contributed by atoms with E-state index in [4.69, 9.17) is 0 Å². The van der Waals surface area contributed by atoms with Crippen LogP contribution in [0.1, 0.15) is 6.55 Å². The highest BCUT2D eigenvalue weighted by atomic mass is 19.3. The highest BCUT2D eigenvalue weighted by molar-refractivity contribution is 5.20. The maximum absolute atomic E-state index is 12.0. The lowest BCUT2D eigenvalue weighted by atomic mass is 10.5. The van der Waals surface area contributed by atoms with Crippen LogP contribution in [0, 0.1) is 10.1 Å². The van der Waals surface area contributed by atoms with E-state index in [2.05, 4.69) is 0 Å². The van der Waals surface area contributed by atoms with Gasteiger partial charge in [0, 0.05) is 0 Å². The minimum Gasteiger partial charge on any atom is -0.268 e. The number of aromatic nitrogens is 2. The number of nitro groups is 1. The molecule has 0 aromatic carbocycles. The van der Waals surface area contributed by atoms with E-state index in [1.165, 1.54) is 4.98 Å². The zero-order valence-electron chi connectivity index (χ0n) is 6.44. The van der Waals surface area contributed by atoms with Gasteiger partial charge in [0.25, 0.3) is 0 Å². The molecular weight excluding hydrogens is 204 g/mol. The number of alkyl halides is 2. The molecule has 0 atom stereocenters. The number of nitrogens with zero attached hydrogens (tertiary/aromatic N) is 2. The van der Waals surface area contributed by atoms with Gasteiger partial charge in [-0.3, -0.25) is 19.9 Å². The molecule has 0 saturated heterocycles. The van der Waals surface area contributed by atoms with Crippen molar-refractivity contribution in [2.75, 3.05) is 0 Å². The van der Waals surface area contributed by atoms with Crippen molar-refractivity contribution < 1.29 is 13.7 Å². The molecule has 1 aromatic heterocycles. The monoisotopic (exact) mass is 207 g/mol. The minimum absolute atomic E-state index is 0.200. The largest absolute Gasteiger partial charge is 0.350 e. The Morgan fingerprint density at radius 1 is 1.50 bits per heavy atom. The van der Waals surface area contributed by atoms with E-state index < -0.39 is 28.4 Å². The molecule has 9 heteroatoms. The molecule has 1 aromatic rings. The molecule has 0 amide bonds. The third-order valence-electron chi connectivity index (χ3n) is 1.36. The Bertz CT molecular complexity index is 477. The SMILES string of the molecule is O=c1[nH]c(=O)n(C(F)F)cc1[N+](=O)[O-]. The highest BCUT2D eigenvalue weighted by Crippen LogP contribution is 2.08. The summed E-state index contributed by atoms with van der Waals surface area (Å²) >= 11 is 0. The Morgan fingerprint density at radius 2 is 2.07 bits per heavy atom. The van der Waals surface area contributed by atoms with Crippen LogP contribution in [-0.2, 0) is 0 Å². The molecule has 1 N–H and O–H groups in total. The van der Waals surface area contributed by atoms with Crippen molar-refractivity contribution in [3.05, 3.63) is 37.1 Å². The summed E-state index contributed by atoms with van der Waals surface area (Å²) in [6, 6.07) is 0. The van der Waals surface area contributed by atoms with Crippen LogP contribution in [0.5, 0.6) is 0 Å². The first-order valence-corrected chi connectivity index (χ1v) is 3.21. The molecule has 0 aliphatic heterocycles. The molecule has 1 rings (SSSR count). The van der Waals surface area contributed by atoms with Gasteiger partial charge < -0.3 is 0 Å². The van der Waals surface area contributed by atoms with Crippen LogP contribution in [0.3, 0.4) is 0 Å². The van der Waals surface area contributed by atoms with E-state index in [1.807, 2.05) is 0 Å². The van der Waals surface area contributed by atoms with Gasteiger partial charge >= 0.3 is 23.5 Å². The molecule has 0 aliphatic rings. The summed E-state index contributed by atoms with van der Waals surface area (Å²) < 4.78 is 23.8. The van der Waals surface area contributed by atoms with Crippen molar-refractivity contribution in [3.8, 4) is 0 Å². The smallest absolute Gasteiger partial charge is 0.268 e. The molecule has 1 heterocycles. The van der Waals surface area contributed by atoms with Crippen LogP contribution in [0.2, 0.25) is 0 Å². The summed E-state index contributed by atoms with van der Waals surface area (Å²) in [6.07, 6.45) is 0.200. The second-order valence-electron chi connectivity index (χ2n) is 2.22. The van der Waals surface area contributed by atoms with Crippen LogP contribution in [0.15, 0.2) is 15.8 Å². The summed E-state index contributed by atoms with van der Waals surface area (Å²) in [5, 5.41) is 10.1. The lowest BCUT2D eigenvalue weighted by Crippen LogP contribution is -2.31. The van der Waals surface area contributed by atoms with Crippen molar-refractivity contribution in [1.82, 2.24) is 9.55 Å². The number of hydrogen-bond acceptors (Lipinski definition) is 4. The molecule has 14 heavy (non-hydrogen) atoms. The zero-order valence-corrected chi connectivity index (χ0v) is 6.44. The molecule has 0 saturated carbocycles. The number of hydrogen-bond donors (Lipinski definition) is 1. The summed E-state index contributed by atoms with van der Waals surface area (Å²) in [7, 11) is 0. The van der Waals surface area contributed by atoms with E-state index in [0.29, 0.717) is 0 Å². The van der Waals surface area contributed by atoms with Gasteiger partial charge in [-0.2, -0.15) is 8.78 Å². The summed E-state index contributed by atoms with van der Waals surface area (Å²) in [4.78, 5) is 31.7. The van der Waals surface area contributed by atoms with Crippen molar-refractivity contribution >= 4 is 5.69 Å². The van der Waals surface area contributed by atoms with E-state index in [1.54, 1.807) is 0 Å². The van der Waals surface area contributed by atoms with Crippen LogP contribution < -0.4 is 11.2 Å². The Hall–Kier alpha value is -2.06. The van der Waals surface area contributed by atoms with Crippen LogP contribution in [-0.4, -0.2) is 14.5 Å². The van der Waals surface area contributed by atoms with E-state index in [-0.39, 0.29) is 10.8 Å². The van der Waals surface area contributed by atoms with Gasteiger partial charge in [0.2, 0.25) is 0 Å². The topological polar surface area (TPSA) is 98.0 Å². The van der Waals surface area contributed by atoms with Gasteiger partial charge in [0.15, 0.2) is 0 Å². The fraction of sp³-hybridized carbons (Fsp3) is 0.200. The predicted octanol–water partition coefficient (Wildman–Crippen LogP) is -0.160. The van der Waals surface area contributed by atoms with Crippen LogP contribution in [0.25, 0.3) is 0 Å². The predicted molar refractivity (Wildman–Crippen MR) is 39.2 cm³/mol. The molecule has 0 spiro atoms. The lowest BCUT2D eigenvalue weighted by molar-refractivity contribution is -0.387. The first kappa shape index (κ1) is 10.0. The Balaban J connectivity index is 3.51. The molecule has 76 valence electrons. The average molecular weight is 207 g/mol. The molecule has 7 nitrogen and oxygen atoms in total. The molecule has 0 bridgehead atoms. The minimum atomic E-state index is -3.24. The summed E-state index contributed by atoms with van der Waals surface area (Å²) in [5.74, 6) is 0. The van der Waals surface area contributed by atoms with Crippen molar-refractivity contribution in [2.45, 2.75) is 6.55 Å². The summed E-state index contributed by atoms with van der Waals surface area (Å²) in [6.45, 7) is -3.24. The Kier molecular flexibility index (Phi) is 2.40. The first-order valence-electron chi connectivity index (χ1n) is 3.21. The Morgan fingerprint density at radius 3 is 2.50 bits per heavy atom. The molecular formula is C5H3F2N3O4. The second-order valence-corrected chi connectivity index (χ2v) is 2.22. The third-order valence-corrected chi connectivity index (χ3v) is 1.36. The fourth-order valence-corrected chi connectivity index (χ4v) is 0.750. The number of nitrogens with one attached hydrogen (secondary N) is 1. The van der Waals surface area contributed by atoms with E-state index in [9.17, 15) is 28.5 Å². The van der Waals surface area contributed by atoms with Gasteiger partial charge in [-0.1, -0.05) is 0 Å². The van der Waals surface area contributed by atoms with Crippen molar-refractivity contribution in [3.63, 3.8) is 0 Å². The normalized spacial score (nSPS) is 10.5. The molecule has 0 radical (unpaired) electrons. The van der Waals surface area contributed by atoms with Crippen molar-refractivity contribution in [2.24, 2.45) is 0 Å². The number of aromatic amines is 1. The first-order chi connectivity index (χ1) is 6.43. The van der Waals surface area contributed by atoms with Gasteiger partial charge in [-0.25, -0.2) is 9.36 Å². The van der Waals surface area contributed by atoms with E-state index in [0.717, 1.165) is 0 Å².